The smallest absolute Gasteiger partial charge is 0.328 e. The van der Waals surface area contributed by atoms with Crippen molar-refractivity contribution in [3.05, 3.63) is 60.3 Å². The third-order valence-electron chi connectivity index (χ3n) is 7.40. The van der Waals surface area contributed by atoms with Gasteiger partial charge in [-0.1, -0.05) is 61.4 Å². The van der Waals surface area contributed by atoms with Gasteiger partial charge < -0.3 is 14.6 Å². The normalized spacial score (nSPS) is 35.8. The second-order valence-corrected chi connectivity index (χ2v) is 10.0. The number of ether oxygens (including phenoxy) is 2. The highest BCUT2D eigenvalue weighted by atomic mass is 16.6. The maximum Gasteiger partial charge on any atom is 0.328 e. The Kier molecular flexibility index (Phi) is 8.30. The number of carboxylic acids is 1. The second kappa shape index (κ2) is 10.8. The molecule has 180 valence electrons. The van der Waals surface area contributed by atoms with Crippen molar-refractivity contribution < 1.29 is 24.2 Å². The first-order valence-electron chi connectivity index (χ1n) is 12.1. The summed E-state index contributed by atoms with van der Waals surface area (Å²) < 4.78 is 12.4. The van der Waals surface area contributed by atoms with Gasteiger partial charge in [-0.3, -0.25) is 4.79 Å². The molecule has 2 saturated heterocycles. The molecule has 0 aromatic carbocycles. The monoisotopic (exact) mass is 454 g/mol. The third-order valence-corrected chi connectivity index (χ3v) is 7.40. The molecule has 3 rings (SSSR count). The van der Waals surface area contributed by atoms with Crippen LogP contribution in [0.4, 0.5) is 0 Å². The molecule has 33 heavy (non-hydrogen) atoms. The van der Waals surface area contributed by atoms with Gasteiger partial charge in [0.15, 0.2) is 5.78 Å². The lowest BCUT2D eigenvalue weighted by Gasteiger charge is -2.44. The van der Waals surface area contributed by atoms with Crippen LogP contribution in [-0.4, -0.2) is 40.8 Å². The van der Waals surface area contributed by atoms with Gasteiger partial charge in [-0.2, -0.15) is 0 Å². The highest BCUT2D eigenvalue weighted by Crippen LogP contribution is 2.62. The molecule has 3 aliphatic rings. The Morgan fingerprint density at radius 3 is 2.27 bits per heavy atom. The van der Waals surface area contributed by atoms with E-state index in [1.165, 1.54) is 11.6 Å². The number of carbonyl (C=O) groups excluding carboxylic acids is 1. The van der Waals surface area contributed by atoms with Crippen molar-refractivity contribution in [3.63, 3.8) is 0 Å². The lowest BCUT2D eigenvalue weighted by atomic mass is 9.59. The van der Waals surface area contributed by atoms with Crippen molar-refractivity contribution >= 4 is 11.8 Å². The lowest BCUT2D eigenvalue weighted by molar-refractivity contribution is -0.131. The zero-order valence-electron chi connectivity index (χ0n) is 20.3. The number of hydrogen-bond donors (Lipinski definition) is 1. The Hall–Kier alpha value is -2.24. The van der Waals surface area contributed by atoms with Gasteiger partial charge in [0.1, 0.15) is 0 Å². The van der Waals surface area contributed by atoms with Gasteiger partial charge in [0.25, 0.3) is 0 Å². The van der Waals surface area contributed by atoms with Gasteiger partial charge in [-0.25, -0.2) is 4.79 Å². The minimum atomic E-state index is -0.978. The lowest BCUT2D eigenvalue weighted by Crippen LogP contribution is -2.48. The van der Waals surface area contributed by atoms with Crippen LogP contribution in [0.3, 0.4) is 0 Å². The quantitative estimate of drug-likeness (QED) is 0.190. The number of allylic oxidation sites excluding steroid dienone is 8. The van der Waals surface area contributed by atoms with Gasteiger partial charge in [0, 0.05) is 18.4 Å². The molecule has 1 saturated carbocycles. The molecule has 0 radical (unpaired) electrons. The Bertz CT molecular complexity index is 869. The van der Waals surface area contributed by atoms with E-state index in [0.29, 0.717) is 24.2 Å². The van der Waals surface area contributed by atoms with Crippen LogP contribution in [0, 0.1) is 17.8 Å². The molecule has 5 heteroatoms. The van der Waals surface area contributed by atoms with E-state index in [1.54, 1.807) is 36.5 Å². The summed E-state index contributed by atoms with van der Waals surface area (Å²) in [7, 11) is 0. The first-order chi connectivity index (χ1) is 15.7. The van der Waals surface area contributed by atoms with Gasteiger partial charge in [-0.15, -0.1) is 0 Å². The number of ketones is 1. The first kappa shape index (κ1) is 25.4. The summed E-state index contributed by atoms with van der Waals surface area (Å²) >= 11 is 0. The zero-order valence-corrected chi connectivity index (χ0v) is 20.3. The molecule has 1 N–H and O–H groups in total. The van der Waals surface area contributed by atoms with E-state index in [9.17, 15) is 9.59 Å². The van der Waals surface area contributed by atoms with Crippen molar-refractivity contribution in [3.8, 4) is 0 Å². The summed E-state index contributed by atoms with van der Waals surface area (Å²) in [4.78, 5) is 23.1. The predicted octanol–water partition coefficient (Wildman–Crippen LogP) is 5.59. The standard InChI is InChI=1S/C28H38O5/c1-5-23-21(18-22(29)12-10-8-6-7-9-11-13-25(30)31)16-17-28(19-32-28)26(23)27(4)24(33-27)15-14-20(2)3/h6-14,21,23-24,26H,5,15-19H2,1-4H3,(H,30,31)/b8-6+,9-7+,12-10+,13-11+/t21-,23+,24+,26+,27-,28-/m0/s1. The van der Waals surface area contributed by atoms with E-state index >= 15 is 0 Å². The topological polar surface area (TPSA) is 79.4 Å². The number of carbonyl (C=O) groups is 2. The molecular formula is C28H38O5. The number of aliphatic carboxylic acids is 1. The SMILES string of the molecule is CC[C@@H]1[C@H](CC(=O)/C=C/C=C/C=C/C=C/C(=O)O)CC[C@]2(CO2)[C@H]1[C@@]1(C)O[C@@H]1CC=C(C)C. The summed E-state index contributed by atoms with van der Waals surface area (Å²) in [6.07, 6.45) is 19.9. The molecule has 1 aliphatic carbocycles. The van der Waals surface area contributed by atoms with E-state index in [2.05, 4.69) is 33.8 Å². The van der Waals surface area contributed by atoms with E-state index in [1.807, 2.05) is 0 Å². The number of carboxylic acid groups (broad SMARTS) is 1. The summed E-state index contributed by atoms with van der Waals surface area (Å²) in [6.45, 7) is 9.55. The Morgan fingerprint density at radius 1 is 1.06 bits per heavy atom. The van der Waals surface area contributed by atoms with Crippen molar-refractivity contribution in [2.75, 3.05) is 6.61 Å². The molecule has 0 aromatic rings. The minimum Gasteiger partial charge on any atom is -0.478 e. The molecule has 0 amide bonds. The fraction of sp³-hybridized carbons (Fsp3) is 0.571. The highest BCUT2D eigenvalue weighted by Gasteiger charge is 2.70. The Balaban J connectivity index is 1.59. The average molecular weight is 455 g/mol. The summed E-state index contributed by atoms with van der Waals surface area (Å²) in [5, 5.41) is 8.54. The maximum atomic E-state index is 12.7. The second-order valence-electron chi connectivity index (χ2n) is 10.0. The minimum absolute atomic E-state index is 0.0469. The fourth-order valence-electron chi connectivity index (χ4n) is 5.70. The van der Waals surface area contributed by atoms with Crippen LogP contribution in [0.1, 0.15) is 59.8 Å². The Labute approximate surface area is 197 Å². The highest BCUT2D eigenvalue weighted by molar-refractivity contribution is 5.90. The number of hydrogen-bond acceptors (Lipinski definition) is 4. The molecule has 3 fully saturated rings. The van der Waals surface area contributed by atoms with Crippen LogP contribution in [0.25, 0.3) is 0 Å². The van der Waals surface area contributed by atoms with Crippen LogP contribution < -0.4 is 0 Å². The summed E-state index contributed by atoms with van der Waals surface area (Å²) in [5.74, 6) is 0.272. The van der Waals surface area contributed by atoms with E-state index < -0.39 is 5.97 Å². The molecule has 2 aliphatic heterocycles. The number of rotatable bonds is 11. The summed E-state index contributed by atoms with van der Waals surface area (Å²) in [5.41, 5.74) is 1.11. The van der Waals surface area contributed by atoms with Gasteiger partial charge >= 0.3 is 5.97 Å². The van der Waals surface area contributed by atoms with E-state index in [0.717, 1.165) is 38.4 Å². The molecule has 6 atom stereocenters. The molecular weight excluding hydrogens is 416 g/mol. The predicted molar refractivity (Wildman–Crippen MR) is 130 cm³/mol. The van der Waals surface area contributed by atoms with Crippen LogP contribution >= 0.6 is 0 Å². The largest absolute Gasteiger partial charge is 0.478 e. The maximum absolute atomic E-state index is 12.7. The summed E-state index contributed by atoms with van der Waals surface area (Å²) in [6, 6.07) is 0. The van der Waals surface area contributed by atoms with E-state index in [4.69, 9.17) is 14.6 Å². The Morgan fingerprint density at radius 2 is 1.70 bits per heavy atom. The van der Waals surface area contributed by atoms with Crippen LogP contribution in [0.2, 0.25) is 0 Å². The van der Waals surface area contributed by atoms with Crippen LogP contribution in [-0.2, 0) is 19.1 Å². The molecule has 1 spiro atoms. The van der Waals surface area contributed by atoms with Crippen molar-refractivity contribution in [2.45, 2.75) is 77.1 Å². The molecule has 0 bridgehead atoms. The van der Waals surface area contributed by atoms with Crippen LogP contribution in [0.15, 0.2) is 60.3 Å². The van der Waals surface area contributed by atoms with Gasteiger partial charge in [-0.05, 0) is 57.9 Å². The fourth-order valence-corrected chi connectivity index (χ4v) is 5.70. The van der Waals surface area contributed by atoms with E-state index in [-0.39, 0.29) is 23.1 Å². The molecule has 5 nitrogen and oxygen atoms in total. The first-order valence-corrected chi connectivity index (χ1v) is 12.1. The van der Waals surface area contributed by atoms with Gasteiger partial charge in [0.05, 0.1) is 23.9 Å². The third kappa shape index (κ3) is 6.42. The number of epoxide rings is 2. The van der Waals surface area contributed by atoms with Crippen LogP contribution in [0.5, 0.6) is 0 Å². The van der Waals surface area contributed by atoms with Crippen molar-refractivity contribution in [2.24, 2.45) is 17.8 Å². The van der Waals surface area contributed by atoms with Crippen molar-refractivity contribution in [1.29, 1.82) is 0 Å². The molecule has 2 heterocycles. The molecule has 0 unspecified atom stereocenters. The van der Waals surface area contributed by atoms with Gasteiger partial charge in [0.2, 0.25) is 0 Å². The molecule has 0 aromatic heterocycles. The van der Waals surface area contributed by atoms with Crippen molar-refractivity contribution in [1.82, 2.24) is 0 Å². The average Bonchev–Trinajstić information content (AvgIpc) is 3.67. The zero-order chi connectivity index (χ0) is 24.1.